The van der Waals surface area contributed by atoms with Crippen molar-refractivity contribution in [3.8, 4) is 5.75 Å². The van der Waals surface area contributed by atoms with Gasteiger partial charge in [-0.2, -0.15) is 0 Å². The molecule has 0 spiro atoms. The van der Waals surface area contributed by atoms with E-state index in [1.165, 1.54) is 24.9 Å². The average Bonchev–Trinajstić information content (AvgIpc) is 2.79. The summed E-state index contributed by atoms with van der Waals surface area (Å²) in [5.41, 5.74) is 3.08. The molecule has 1 unspecified atom stereocenters. The molecule has 1 aliphatic rings. The first-order valence-electron chi connectivity index (χ1n) is 10.4. The zero-order valence-corrected chi connectivity index (χ0v) is 17.2. The molecular weight excluding hydrogens is 360 g/mol. The van der Waals surface area contributed by atoms with Crippen LogP contribution in [-0.2, 0) is 4.79 Å². The molecule has 1 aliphatic heterocycles. The topological polar surface area (TPSA) is 41.6 Å². The highest BCUT2D eigenvalue weighted by atomic mass is 16.5. The van der Waals surface area contributed by atoms with Crippen LogP contribution in [0.1, 0.15) is 37.7 Å². The minimum absolute atomic E-state index is 0.00332. The number of hydrogen-bond acceptors (Lipinski definition) is 3. The normalized spacial score (nSPS) is 15.2. The SMILES string of the molecule is COc1ccc2cc(C(C)C(=O)Nc3ccc(N4CCCCC4)cc3)ccc2c1. The van der Waals surface area contributed by atoms with Crippen LogP contribution in [0.4, 0.5) is 11.4 Å². The summed E-state index contributed by atoms with van der Waals surface area (Å²) in [6, 6.07) is 20.3. The largest absolute Gasteiger partial charge is 0.497 e. The van der Waals surface area contributed by atoms with E-state index in [0.29, 0.717) is 0 Å². The number of ether oxygens (including phenoxy) is 1. The second-order valence-electron chi connectivity index (χ2n) is 7.78. The van der Waals surface area contributed by atoms with Crippen molar-refractivity contribution < 1.29 is 9.53 Å². The smallest absolute Gasteiger partial charge is 0.231 e. The van der Waals surface area contributed by atoms with Crippen LogP contribution < -0.4 is 15.0 Å². The number of benzene rings is 3. The van der Waals surface area contributed by atoms with Crippen molar-refractivity contribution in [3.05, 3.63) is 66.2 Å². The number of nitrogens with zero attached hydrogens (tertiary/aromatic N) is 1. The maximum atomic E-state index is 12.8. The van der Waals surface area contributed by atoms with Gasteiger partial charge >= 0.3 is 0 Å². The van der Waals surface area contributed by atoms with Gasteiger partial charge in [0.05, 0.1) is 13.0 Å². The molecule has 1 saturated heterocycles. The predicted octanol–water partition coefficient (Wildman–Crippen LogP) is 5.58. The molecule has 1 atom stereocenters. The Labute approximate surface area is 172 Å². The quantitative estimate of drug-likeness (QED) is 0.620. The van der Waals surface area contributed by atoms with Gasteiger partial charge in [-0.3, -0.25) is 4.79 Å². The van der Waals surface area contributed by atoms with Crippen LogP contribution in [0.2, 0.25) is 0 Å². The molecule has 1 fully saturated rings. The number of carbonyl (C=O) groups excluding carboxylic acids is 1. The highest BCUT2D eigenvalue weighted by molar-refractivity contribution is 5.96. The Bertz CT molecular complexity index is 991. The number of carbonyl (C=O) groups is 1. The van der Waals surface area contributed by atoms with Crippen LogP contribution in [0, 0.1) is 0 Å². The molecule has 150 valence electrons. The second-order valence-corrected chi connectivity index (χ2v) is 7.78. The maximum Gasteiger partial charge on any atom is 0.231 e. The molecule has 4 rings (SSSR count). The molecule has 1 N–H and O–H groups in total. The fraction of sp³-hybridized carbons (Fsp3) is 0.320. The first-order chi connectivity index (χ1) is 14.1. The minimum atomic E-state index is -0.233. The number of anilines is 2. The lowest BCUT2D eigenvalue weighted by molar-refractivity contribution is -0.117. The molecule has 4 heteroatoms. The molecule has 1 heterocycles. The Kier molecular flexibility index (Phi) is 5.70. The summed E-state index contributed by atoms with van der Waals surface area (Å²) in [5.74, 6) is 0.607. The third kappa shape index (κ3) is 4.37. The lowest BCUT2D eigenvalue weighted by atomic mass is 9.97. The van der Waals surface area contributed by atoms with E-state index in [0.717, 1.165) is 40.9 Å². The van der Waals surface area contributed by atoms with E-state index in [-0.39, 0.29) is 11.8 Å². The van der Waals surface area contributed by atoms with Crippen LogP contribution in [0.5, 0.6) is 5.75 Å². The van der Waals surface area contributed by atoms with E-state index in [4.69, 9.17) is 4.74 Å². The number of fused-ring (bicyclic) bond motifs is 1. The van der Waals surface area contributed by atoms with Crippen LogP contribution in [0.25, 0.3) is 10.8 Å². The summed E-state index contributed by atoms with van der Waals surface area (Å²) in [7, 11) is 1.67. The molecule has 0 bridgehead atoms. The number of hydrogen-bond donors (Lipinski definition) is 1. The summed E-state index contributed by atoms with van der Waals surface area (Å²) in [6.45, 7) is 4.19. The lowest BCUT2D eigenvalue weighted by Crippen LogP contribution is -2.29. The number of methoxy groups -OCH3 is 1. The van der Waals surface area contributed by atoms with E-state index in [1.807, 2.05) is 49.4 Å². The summed E-state index contributed by atoms with van der Waals surface area (Å²) < 4.78 is 5.28. The molecule has 0 saturated carbocycles. The van der Waals surface area contributed by atoms with Gasteiger partial charge in [0.1, 0.15) is 5.75 Å². The van der Waals surface area contributed by atoms with Gasteiger partial charge in [0.25, 0.3) is 0 Å². The Balaban J connectivity index is 1.44. The first-order valence-corrected chi connectivity index (χ1v) is 10.4. The van der Waals surface area contributed by atoms with Crippen molar-refractivity contribution in [1.29, 1.82) is 0 Å². The standard InChI is InChI=1S/C25H28N2O2/c1-18(19-6-7-21-17-24(29-2)13-8-20(21)16-19)25(28)26-22-9-11-23(12-10-22)27-14-4-3-5-15-27/h6-13,16-18H,3-5,14-15H2,1-2H3,(H,26,28). The number of rotatable bonds is 5. The monoisotopic (exact) mass is 388 g/mol. The number of amides is 1. The van der Waals surface area contributed by atoms with Gasteiger partial charge in [-0.1, -0.05) is 24.3 Å². The van der Waals surface area contributed by atoms with Crippen LogP contribution in [0.3, 0.4) is 0 Å². The van der Waals surface area contributed by atoms with Crippen LogP contribution in [0.15, 0.2) is 60.7 Å². The van der Waals surface area contributed by atoms with E-state index < -0.39 is 0 Å². The fourth-order valence-corrected chi connectivity index (χ4v) is 3.95. The second kappa shape index (κ2) is 8.56. The van der Waals surface area contributed by atoms with Crippen molar-refractivity contribution in [2.24, 2.45) is 0 Å². The summed E-state index contributed by atoms with van der Waals surface area (Å²) >= 11 is 0. The van der Waals surface area contributed by atoms with Gasteiger partial charge in [-0.25, -0.2) is 0 Å². The van der Waals surface area contributed by atoms with Crippen molar-refractivity contribution >= 4 is 28.1 Å². The van der Waals surface area contributed by atoms with Crippen molar-refractivity contribution in [1.82, 2.24) is 0 Å². The number of nitrogens with one attached hydrogen (secondary N) is 1. The molecule has 0 aliphatic carbocycles. The van der Waals surface area contributed by atoms with Crippen LogP contribution >= 0.6 is 0 Å². The zero-order valence-electron chi connectivity index (χ0n) is 17.2. The fourth-order valence-electron chi connectivity index (χ4n) is 3.95. The lowest BCUT2D eigenvalue weighted by Gasteiger charge is -2.28. The van der Waals surface area contributed by atoms with Gasteiger partial charge in [0, 0.05) is 24.5 Å². The third-order valence-corrected chi connectivity index (χ3v) is 5.82. The van der Waals surface area contributed by atoms with Gasteiger partial charge in [-0.15, -0.1) is 0 Å². The van der Waals surface area contributed by atoms with Gasteiger partial charge < -0.3 is 15.0 Å². The highest BCUT2D eigenvalue weighted by Gasteiger charge is 2.16. The molecule has 4 nitrogen and oxygen atoms in total. The Hall–Kier alpha value is -3.01. The molecular formula is C25H28N2O2. The average molecular weight is 389 g/mol. The van der Waals surface area contributed by atoms with Crippen LogP contribution in [-0.4, -0.2) is 26.1 Å². The molecule has 29 heavy (non-hydrogen) atoms. The molecule has 1 amide bonds. The summed E-state index contributed by atoms with van der Waals surface area (Å²) in [5, 5.41) is 5.27. The summed E-state index contributed by atoms with van der Waals surface area (Å²) in [6.07, 6.45) is 3.84. The van der Waals surface area contributed by atoms with Crippen molar-refractivity contribution in [2.45, 2.75) is 32.1 Å². The van der Waals surface area contributed by atoms with E-state index in [9.17, 15) is 4.79 Å². The minimum Gasteiger partial charge on any atom is -0.497 e. The zero-order chi connectivity index (χ0) is 20.2. The van der Waals surface area contributed by atoms with E-state index in [1.54, 1.807) is 7.11 Å². The number of piperidine rings is 1. The highest BCUT2D eigenvalue weighted by Crippen LogP contribution is 2.27. The Morgan fingerprint density at radius 2 is 1.62 bits per heavy atom. The van der Waals surface area contributed by atoms with Gasteiger partial charge in [0.15, 0.2) is 0 Å². The van der Waals surface area contributed by atoms with Gasteiger partial charge in [-0.05, 0) is 78.9 Å². The first kappa shape index (κ1) is 19.3. The van der Waals surface area contributed by atoms with Gasteiger partial charge in [0.2, 0.25) is 5.91 Å². The molecule has 0 aromatic heterocycles. The molecule has 3 aromatic carbocycles. The van der Waals surface area contributed by atoms with Crippen molar-refractivity contribution in [2.75, 3.05) is 30.4 Å². The Morgan fingerprint density at radius 3 is 2.34 bits per heavy atom. The predicted molar refractivity (Wildman–Crippen MR) is 120 cm³/mol. The Morgan fingerprint density at radius 1 is 0.931 bits per heavy atom. The van der Waals surface area contributed by atoms with Crippen molar-refractivity contribution in [3.63, 3.8) is 0 Å². The van der Waals surface area contributed by atoms with E-state index >= 15 is 0 Å². The maximum absolute atomic E-state index is 12.8. The molecule has 3 aromatic rings. The third-order valence-electron chi connectivity index (χ3n) is 5.82. The summed E-state index contributed by atoms with van der Waals surface area (Å²) in [4.78, 5) is 15.2. The molecule has 0 radical (unpaired) electrons. The van der Waals surface area contributed by atoms with E-state index in [2.05, 4.69) is 28.4 Å².